The first-order chi connectivity index (χ1) is 14.3. The van der Waals surface area contributed by atoms with Crippen LogP contribution in [0.25, 0.3) is 0 Å². The molecule has 6 nitrogen and oxygen atoms in total. The van der Waals surface area contributed by atoms with E-state index >= 15 is 0 Å². The van der Waals surface area contributed by atoms with Gasteiger partial charge in [0.15, 0.2) is 0 Å². The number of rotatable bonds is 8. The molecule has 6 heteroatoms. The lowest BCUT2D eigenvalue weighted by molar-refractivity contribution is -0.130. The lowest BCUT2D eigenvalue weighted by Gasteiger charge is -2.42. The summed E-state index contributed by atoms with van der Waals surface area (Å²) in [5, 5.41) is 0. The Hall–Kier alpha value is -1.53. The van der Waals surface area contributed by atoms with E-state index in [-0.39, 0.29) is 5.92 Å². The highest BCUT2D eigenvalue weighted by Crippen LogP contribution is 2.36. The van der Waals surface area contributed by atoms with Crippen LogP contribution in [0.4, 0.5) is 5.95 Å². The quantitative estimate of drug-likeness (QED) is 0.652. The fourth-order valence-corrected chi connectivity index (χ4v) is 5.65. The Morgan fingerprint density at radius 3 is 2.23 bits per heavy atom. The van der Waals surface area contributed by atoms with Crippen molar-refractivity contribution < 1.29 is 4.79 Å². The molecule has 1 saturated carbocycles. The van der Waals surface area contributed by atoms with E-state index in [0.29, 0.717) is 35.7 Å². The number of Topliss-reactive ketones (excluding diaryl/α,β-unsaturated/α-hetero) is 1. The van der Waals surface area contributed by atoms with Gasteiger partial charge in [0, 0.05) is 74.1 Å². The molecule has 1 aliphatic carbocycles. The Kier molecular flexibility index (Phi) is 6.44. The van der Waals surface area contributed by atoms with Gasteiger partial charge in [-0.15, -0.1) is 0 Å². The van der Waals surface area contributed by atoms with E-state index in [0.717, 1.165) is 45.0 Å². The van der Waals surface area contributed by atoms with Crippen molar-refractivity contribution in [2.45, 2.75) is 78.0 Å². The minimum absolute atomic E-state index is 0.174. The number of nitrogens with zero attached hydrogens (tertiary/aromatic N) is 5. The first-order valence-electron chi connectivity index (χ1n) is 11.9. The van der Waals surface area contributed by atoms with E-state index in [4.69, 9.17) is 9.97 Å². The summed E-state index contributed by atoms with van der Waals surface area (Å²) in [5.74, 6) is 2.48. The molecule has 2 unspecified atom stereocenters. The van der Waals surface area contributed by atoms with Gasteiger partial charge in [0.25, 0.3) is 0 Å². The van der Waals surface area contributed by atoms with E-state index < -0.39 is 0 Å². The lowest BCUT2D eigenvalue weighted by Crippen LogP contribution is -2.56. The van der Waals surface area contributed by atoms with Gasteiger partial charge in [-0.25, -0.2) is 9.97 Å². The molecule has 2 bridgehead atoms. The van der Waals surface area contributed by atoms with E-state index in [2.05, 4.69) is 35.6 Å². The molecule has 0 amide bonds. The van der Waals surface area contributed by atoms with Gasteiger partial charge in [0.2, 0.25) is 5.95 Å². The van der Waals surface area contributed by atoms with Crippen LogP contribution in [0.2, 0.25) is 0 Å². The summed E-state index contributed by atoms with van der Waals surface area (Å²) in [5.41, 5.74) is 1.17. The lowest BCUT2D eigenvalue weighted by atomic mass is 9.70. The summed E-state index contributed by atoms with van der Waals surface area (Å²) in [6, 6.07) is 1.73. The summed E-state index contributed by atoms with van der Waals surface area (Å²) >= 11 is 0. The molecule has 3 heterocycles. The van der Waals surface area contributed by atoms with Crippen LogP contribution in [-0.4, -0.2) is 70.4 Å². The van der Waals surface area contributed by atoms with Crippen molar-refractivity contribution in [2.24, 2.45) is 17.8 Å². The molecule has 0 N–H and O–H groups in total. The first-order valence-corrected chi connectivity index (χ1v) is 11.9. The molecule has 1 aromatic rings. The largest absolute Gasteiger partial charge is 0.332 e. The topological polar surface area (TPSA) is 52.6 Å². The Morgan fingerprint density at radius 1 is 1.10 bits per heavy atom. The molecule has 30 heavy (non-hydrogen) atoms. The maximum Gasteiger partial charge on any atom is 0.225 e. The van der Waals surface area contributed by atoms with Gasteiger partial charge in [0.1, 0.15) is 5.78 Å². The molecule has 2 saturated heterocycles. The number of likely N-dealkylation sites (tertiary alicyclic amines) is 1. The summed E-state index contributed by atoms with van der Waals surface area (Å²) in [4.78, 5) is 29.0. The second kappa shape index (κ2) is 8.91. The Balaban J connectivity index is 1.27. The third kappa shape index (κ3) is 4.54. The molecule has 2 aliphatic heterocycles. The van der Waals surface area contributed by atoms with Crippen molar-refractivity contribution in [3.8, 4) is 0 Å². The number of fused-ring (bicyclic) bond motifs is 2. The standard InChI is InChI=1S/C24H39N5O/c1-16(2)23(30)20-8-18(9-20)12-27(5)13-19-10-25-24(26-11-19)29-21-6-7-22(29)15-28(14-21)17(3)4/h10-11,16-18,20-22H,6-9,12-15H2,1-5H3/t18-,20+,21?,22?. The summed E-state index contributed by atoms with van der Waals surface area (Å²) in [6.45, 7) is 12.8. The fraction of sp³-hybridized carbons (Fsp3) is 0.792. The molecule has 166 valence electrons. The number of hydrogen-bond donors (Lipinski definition) is 0. The summed E-state index contributed by atoms with van der Waals surface area (Å²) in [6.07, 6.45) is 8.65. The highest BCUT2D eigenvalue weighted by molar-refractivity contribution is 5.83. The molecule has 4 rings (SSSR count). The smallest absolute Gasteiger partial charge is 0.225 e. The number of piperazine rings is 1. The van der Waals surface area contributed by atoms with Crippen LogP contribution in [0.15, 0.2) is 12.4 Å². The monoisotopic (exact) mass is 413 g/mol. The molecular formula is C24H39N5O. The summed E-state index contributed by atoms with van der Waals surface area (Å²) < 4.78 is 0. The zero-order valence-corrected chi connectivity index (χ0v) is 19.4. The average molecular weight is 414 g/mol. The van der Waals surface area contributed by atoms with E-state index in [1.54, 1.807) is 0 Å². The van der Waals surface area contributed by atoms with Gasteiger partial charge in [-0.2, -0.15) is 0 Å². The Labute approximate surface area is 182 Å². The van der Waals surface area contributed by atoms with E-state index in [1.807, 2.05) is 26.2 Å². The van der Waals surface area contributed by atoms with Crippen LogP contribution in [0.1, 0.15) is 58.9 Å². The van der Waals surface area contributed by atoms with Gasteiger partial charge < -0.3 is 9.80 Å². The second-order valence-corrected chi connectivity index (χ2v) is 10.5. The molecule has 0 spiro atoms. The van der Waals surface area contributed by atoms with Crippen LogP contribution in [0.5, 0.6) is 0 Å². The molecule has 0 radical (unpaired) electrons. The van der Waals surface area contributed by atoms with Crippen LogP contribution in [-0.2, 0) is 11.3 Å². The minimum Gasteiger partial charge on any atom is -0.332 e. The number of hydrogen-bond acceptors (Lipinski definition) is 6. The highest BCUT2D eigenvalue weighted by Gasteiger charge is 2.41. The van der Waals surface area contributed by atoms with Crippen molar-refractivity contribution in [2.75, 3.05) is 31.6 Å². The maximum absolute atomic E-state index is 12.1. The maximum atomic E-state index is 12.1. The zero-order valence-electron chi connectivity index (χ0n) is 19.4. The van der Waals surface area contributed by atoms with Crippen molar-refractivity contribution in [1.29, 1.82) is 0 Å². The van der Waals surface area contributed by atoms with Crippen LogP contribution >= 0.6 is 0 Å². The molecule has 1 aromatic heterocycles. The fourth-order valence-electron chi connectivity index (χ4n) is 5.65. The van der Waals surface area contributed by atoms with Crippen molar-refractivity contribution >= 4 is 11.7 Å². The van der Waals surface area contributed by atoms with Crippen LogP contribution in [0, 0.1) is 17.8 Å². The zero-order chi connectivity index (χ0) is 21.4. The predicted molar refractivity (Wildman–Crippen MR) is 120 cm³/mol. The predicted octanol–water partition coefficient (Wildman–Crippen LogP) is 3.22. The SMILES string of the molecule is CC(C)C(=O)[C@H]1C[C@@H](CN(C)Cc2cnc(N3C4CCC3CN(C(C)C)C4)nc2)C1. The third-order valence-electron chi connectivity index (χ3n) is 7.39. The summed E-state index contributed by atoms with van der Waals surface area (Å²) in [7, 11) is 2.16. The van der Waals surface area contributed by atoms with Crippen molar-refractivity contribution in [1.82, 2.24) is 19.8 Å². The van der Waals surface area contributed by atoms with E-state index in [9.17, 15) is 4.79 Å². The molecule has 3 aliphatic rings. The first kappa shape index (κ1) is 21.7. The normalized spacial score (nSPS) is 29.1. The third-order valence-corrected chi connectivity index (χ3v) is 7.39. The molecule has 2 atom stereocenters. The van der Waals surface area contributed by atoms with E-state index in [1.165, 1.54) is 18.4 Å². The Bertz CT molecular complexity index is 714. The number of aromatic nitrogens is 2. The Morgan fingerprint density at radius 2 is 1.70 bits per heavy atom. The van der Waals surface area contributed by atoms with Gasteiger partial charge in [-0.1, -0.05) is 13.8 Å². The molecule has 3 fully saturated rings. The van der Waals surface area contributed by atoms with Crippen molar-refractivity contribution in [3.05, 3.63) is 18.0 Å². The number of anilines is 1. The van der Waals surface area contributed by atoms with Gasteiger partial charge >= 0.3 is 0 Å². The average Bonchev–Trinajstić information content (AvgIpc) is 2.93. The minimum atomic E-state index is 0.174. The number of ketones is 1. The van der Waals surface area contributed by atoms with Crippen LogP contribution < -0.4 is 4.90 Å². The van der Waals surface area contributed by atoms with Gasteiger partial charge in [-0.05, 0) is 52.5 Å². The van der Waals surface area contributed by atoms with Gasteiger partial charge in [-0.3, -0.25) is 9.69 Å². The number of carbonyl (C=O) groups is 1. The number of carbonyl (C=O) groups excluding carboxylic acids is 1. The van der Waals surface area contributed by atoms with Crippen LogP contribution in [0.3, 0.4) is 0 Å². The van der Waals surface area contributed by atoms with Gasteiger partial charge in [0.05, 0.1) is 0 Å². The molecule has 0 aromatic carbocycles. The molecular weight excluding hydrogens is 374 g/mol. The second-order valence-electron chi connectivity index (χ2n) is 10.5. The van der Waals surface area contributed by atoms with Crippen molar-refractivity contribution in [3.63, 3.8) is 0 Å². The highest BCUT2D eigenvalue weighted by atomic mass is 16.1.